The second-order valence-electron chi connectivity index (χ2n) is 9.03. The van der Waals surface area contributed by atoms with Crippen LogP contribution in [-0.4, -0.2) is 31.2 Å². The number of amides is 1. The molecule has 0 unspecified atom stereocenters. The van der Waals surface area contributed by atoms with Crippen molar-refractivity contribution in [1.29, 1.82) is 0 Å². The Morgan fingerprint density at radius 3 is 2.71 bits per heavy atom. The monoisotopic (exact) mass is 471 g/mol. The highest BCUT2D eigenvalue weighted by Gasteiger charge is 2.22. The summed E-state index contributed by atoms with van der Waals surface area (Å²) in [4.78, 5) is 22.0. The molecule has 0 aliphatic heterocycles. The molecule has 7 heteroatoms. The van der Waals surface area contributed by atoms with E-state index in [9.17, 15) is 4.79 Å². The van der Waals surface area contributed by atoms with Crippen LogP contribution in [0, 0.1) is 20.8 Å². The molecular formula is C27H29N5OS. The normalized spacial score (nSPS) is 15.3. The number of fused-ring (bicyclic) bond motifs is 2. The number of thioether (sulfide) groups is 1. The van der Waals surface area contributed by atoms with E-state index in [1.54, 1.807) is 4.52 Å². The van der Waals surface area contributed by atoms with Gasteiger partial charge in [0.05, 0.1) is 11.8 Å². The van der Waals surface area contributed by atoms with Crippen molar-refractivity contribution in [2.45, 2.75) is 57.7 Å². The Bertz CT molecular complexity index is 1350. The highest BCUT2D eigenvalue weighted by atomic mass is 32.2. The third-order valence-electron chi connectivity index (χ3n) is 6.57. The van der Waals surface area contributed by atoms with Crippen LogP contribution in [0.3, 0.4) is 0 Å². The van der Waals surface area contributed by atoms with Gasteiger partial charge in [-0.1, -0.05) is 65.9 Å². The van der Waals surface area contributed by atoms with E-state index in [-0.39, 0.29) is 17.7 Å². The van der Waals surface area contributed by atoms with Crippen molar-refractivity contribution in [2.75, 3.05) is 5.75 Å². The fourth-order valence-corrected chi connectivity index (χ4v) is 5.32. The number of nitrogens with zero attached hydrogens (tertiary/aromatic N) is 4. The molecule has 0 bridgehead atoms. The van der Waals surface area contributed by atoms with Gasteiger partial charge < -0.3 is 5.32 Å². The zero-order valence-electron chi connectivity index (χ0n) is 19.8. The summed E-state index contributed by atoms with van der Waals surface area (Å²) in [6.45, 7) is 6.17. The lowest BCUT2D eigenvalue weighted by Gasteiger charge is -2.26. The number of aromatic nitrogens is 4. The number of benzene rings is 2. The molecule has 34 heavy (non-hydrogen) atoms. The standard InChI is InChI=1S/C27H29N5OS/c1-17-11-13-20(14-12-17)15-23-18(2)28-26-30-27(31-32(26)19(23)3)34-16-25(33)29-24-10-6-8-21-7-4-5-9-22(21)24/h4-5,7,9,11-14,24H,6,8,10,15-16H2,1-3H3,(H,29,33)/t24-/m1/s1. The van der Waals surface area contributed by atoms with Crippen LogP contribution in [0.1, 0.15) is 58.1 Å². The number of carbonyl (C=O) groups is 1. The maximum atomic E-state index is 12.7. The van der Waals surface area contributed by atoms with E-state index < -0.39 is 0 Å². The van der Waals surface area contributed by atoms with Crippen LogP contribution in [0.2, 0.25) is 0 Å². The van der Waals surface area contributed by atoms with E-state index in [1.165, 1.54) is 34.0 Å². The van der Waals surface area contributed by atoms with Crippen LogP contribution in [0.15, 0.2) is 53.7 Å². The molecule has 1 N–H and O–H groups in total. The van der Waals surface area contributed by atoms with Gasteiger partial charge in [0.25, 0.3) is 5.78 Å². The number of aryl methyl sites for hydroxylation is 4. The van der Waals surface area contributed by atoms with Gasteiger partial charge in [-0.15, -0.1) is 5.10 Å². The van der Waals surface area contributed by atoms with E-state index >= 15 is 0 Å². The molecule has 0 radical (unpaired) electrons. The van der Waals surface area contributed by atoms with Crippen LogP contribution in [-0.2, 0) is 17.6 Å². The van der Waals surface area contributed by atoms with Crippen molar-refractivity contribution in [3.8, 4) is 0 Å². The van der Waals surface area contributed by atoms with Gasteiger partial charge in [-0.25, -0.2) is 9.50 Å². The molecule has 4 aromatic rings. The van der Waals surface area contributed by atoms with Gasteiger partial charge in [-0.2, -0.15) is 4.98 Å². The quantitative estimate of drug-likeness (QED) is 0.404. The summed E-state index contributed by atoms with van der Waals surface area (Å²) in [7, 11) is 0. The first-order valence-electron chi connectivity index (χ1n) is 11.8. The number of carbonyl (C=O) groups excluding carboxylic acids is 1. The maximum absolute atomic E-state index is 12.7. The first kappa shape index (κ1) is 22.6. The van der Waals surface area contributed by atoms with Gasteiger partial charge in [0.15, 0.2) is 0 Å². The summed E-state index contributed by atoms with van der Waals surface area (Å²) < 4.78 is 1.80. The molecule has 1 atom stereocenters. The summed E-state index contributed by atoms with van der Waals surface area (Å²) in [5, 5.41) is 8.42. The minimum Gasteiger partial charge on any atom is -0.349 e. The Morgan fingerprint density at radius 1 is 1.09 bits per heavy atom. The van der Waals surface area contributed by atoms with Crippen LogP contribution in [0.4, 0.5) is 0 Å². The first-order valence-corrected chi connectivity index (χ1v) is 12.7. The molecule has 0 saturated heterocycles. The third kappa shape index (κ3) is 4.71. The Balaban J connectivity index is 1.28. The van der Waals surface area contributed by atoms with Gasteiger partial charge in [-0.05, 0) is 62.3 Å². The largest absolute Gasteiger partial charge is 0.349 e. The van der Waals surface area contributed by atoms with Crippen molar-refractivity contribution >= 4 is 23.4 Å². The third-order valence-corrected chi connectivity index (χ3v) is 7.41. The molecule has 2 aromatic carbocycles. The van der Waals surface area contributed by atoms with Crippen LogP contribution in [0.25, 0.3) is 5.78 Å². The minimum atomic E-state index is 0.00600. The van der Waals surface area contributed by atoms with Crippen LogP contribution in [0.5, 0.6) is 0 Å². The molecular weight excluding hydrogens is 442 g/mol. The molecule has 174 valence electrons. The number of nitrogens with one attached hydrogen (secondary N) is 1. The molecule has 0 fully saturated rings. The number of rotatable bonds is 6. The fourth-order valence-electron chi connectivity index (χ4n) is 4.69. The second kappa shape index (κ2) is 9.58. The Morgan fingerprint density at radius 2 is 1.88 bits per heavy atom. The van der Waals surface area contributed by atoms with E-state index in [2.05, 4.69) is 71.7 Å². The second-order valence-corrected chi connectivity index (χ2v) is 9.97. The molecule has 6 nitrogen and oxygen atoms in total. The predicted octanol–water partition coefficient (Wildman–Crippen LogP) is 4.93. The predicted molar refractivity (Wildman–Crippen MR) is 135 cm³/mol. The van der Waals surface area contributed by atoms with E-state index in [4.69, 9.17) is 4.98 Å². The van der Waals surface area contributed by atoms with E-state index in [1.807, 2.05) is 13.0 Å². The zero-order chi connectivity index (χ0) is 23.7. The van der Waals surface area contributed by atoms with Crippen molar-refractivity contribution in [3.63, 3.8) is 0 Å². The lowest BCUT2D eigenvalue weighted by Crippen LogP contribution is -2.32. The van der Waals surface area contributed by atoms with Crippen LogP contribution >= 0.6 is 11.8 Å². The molecule has 5 rings (SSSR count). The summed E-state index contributed by atoms with van der Waals surface area (Å²) in [6, 6.07) is 17.1. The van der Waals surface area contributed by atoms with E-state index in [0.29, 0.717) is 10.9 Å². The van der Waals surface area contributed by atoms with Gasteiger partial charge in [0.1, 0.15) is 0 Å². The molecule has 0 spiro atoms. The van der Waals surface area contributed by atoms with Gasteiger partial charge >= 0.3 is 0 Å². The first-order chi connectivity index (χ1) is 16.5. The molecule has 2 heterocycles. The van der Waals surface area contributed by atoms with Crippen LogP contribution < -0.4 is 5.32 Å². The average Bonchev–Trinajstić information content (AvgIpc) is 3.25. The lowest BCUT2D eigenvalue weighted by molar-refractivity contribution is -0.119. The van der Waals surface area contributed by atoms with E-state index in [0.717, 1.165) is 42.6 Å². The number of hydrogen-bond donors (Lipinski definition) is 1. The fraction of sp³-hybridized carbons (Fsp3) is 0.333. The Kier molecular flexibility index (Phi) is 6.37. The molecule has 1 amide bonds. The Hall–Kier alpha value is -3.19. The molecule has 1 aliphatic carbocycles. The van der Waals surface area contributed by atoms with Crippen molar-refractivity contribution in [1.82, 2.24) is 24.9 Å². The highest BCUT2D eigenvalue weighted by molar-refractivity contribution is 7.99. The summed E-state index contributed by atoms with van der Waals surface area (Å²) in [5.41, 5.74) is 8.23. The number of hydrogen-bond acceptors (Lipinski definition) is 5. The van der Waals surface area contributed by atoms with Crippen molar-refractivity contribution in [2.24, 2.45) is 0 Å². The molecule has 0 saturated carbocycles. The van der Waals surface area contributed by atoms with Crippen molar-refractivity contribution < 1.29 is 4.79 Å². The summed E-state index contributed by atoms with van der Waals surface area (Å²) in [6.07, 6.45) is 3.96. The Labute approximate surface area is 204 Å². The minimum absolute atomic E-state index is 0.00600. The highest BCUT2D eigenvalue weighted by Crippen LogP contribution is 2.29. The molecule has 1 aliphatic rings. The smallest absolute Gasteiger partial charge is 0.253 e. The van der Waals surface area contributed by atoms with Gasteiger partial charge in [0, 0.05) is 17.8 Å². The lowest BCUT2D eigenvalue weighted by atomic mass is 9.88. The van der Waals surface area contributed by atoms with Crippen molar-refractivity contribution in [3.05, 3.63) is 87.7 Å². The summed E-state index contributed by atoms with van der Waals surface area (Å²) in [5.74, 6) is 0.863. The molecule has 2 aromatic heterocycles. The average molecular weight is 472 g/mol. The summed E-state index contributed by atoms with van der Waals surface area (Å²) >= 11 is 1.36. The topological polar surface area (TPSA) is 72.2 Å². The van der Waals surface area contributed by atoms with Gasteiger partial charge in [0.2, 0.25) is 11.1 Å². The SMILES string of the molecule is Cc1ccc(Cc2c(C)nc3nc(SCC(=O)N[C@@H]4CCCc5ccccc54)nn3c2C)cc1. The maximum Gasteiger partial charge on any atom is 0.253 e. The van der Waals surface area contributed by atoms with Gasteiger partial charge in [-0.3, -0.25) is 4.79 Å². The zero-order valence-corrected chi connectivity index (χ0v) is 20.7.